The van der Waals surface area contributed by atoms with E-state index in [0.29, 0.717) is 6.42 Å². The lowest BCUT2D eigenvalue weighted by Crippen LogP contribution is -2.11. The molecule has 0 heterocycles. The van der Waals surface area contributed by atoms with Crippen LogP contribution in [0.15, 0.2) is 30.9 Å². The van der Waals surface area contributed by atoms with Crippen LogP contribution in [-0.2, 0) is 9.53 Å². The Hall–Kier alpha value is -2.63. The molecule has 6 heteroatoms. The van der Waals surface area contributed by atoms with Gasteiger partial charge in [0.1, 0.15) is 11.3 Å². The summed E-state index contributed by atoms with van der Waals surface area (Å²) in [6.07, 6.45) is 1.56. The lowest BCUT2D eigenvalue weighted by molar-refractivity contribution is -0.128. The summed E-state index contributed by atoms with van der Waals surface area (Å²) in [5, 5.41) is 8.99. The number of benzene rings is 1. The average molecular weight is 278 g/mol. The fourth-order valence-electron chi connectivity index (χ4n) is 1.34. The van der Waals surface area contributed by atoms with Gasteiger partial charge in [-0.25, -0.2) is 14.4 Å². The summed E-state index contributed by atoms with van der Waals surface area (Å²) in [6.45, 7) is 5.31. The Morgan fingerprint density at radius 2 is 2.05 bits per heavy atom. The number of hydrogen-bond acceptors (Lipinski definition) is 5. The van der Waals surface area contributed by atoms with Crippen molar-refractivity contribution in [3.63, 3.8) is 0 Å². The summed E-state index contributed by atoms with van der Waals surface area (Å²) in [4.78, 5) is 33.8. The van der Waals surface area contributed by atoms with Crippen LogP contribution in [-0.4, -0.2) is 29.6 Å². The van der Waals surface area contributed by atoms with Gasteiger partial charge in [0.15, 0.2) is 0 Å². The van der Waals surface area contributed by atoms with Crippen molar-refractivity contribution in [1.82, 2.24) is 0 Å². The second-order valence-electron chi connectivity index (χ2n) is 3.78. The normalized spacial score (nSPS) is 9.65. The molecular weight excluding hydrogens is 264 g/mol. The van der Waals surface area contributed by atoms with Gasteiger partial charge in [0, 0.05) is 6.08 Å². The van der Waals surface area contributed by atoms with Gasteiger partial charge in [-0.15, -0.1) is 0 Å². The van der Waals surface area contributed by atoms with Crippen molar-refractivity contribution in [2.45, 2.75) is 13.3 Å². The molecule has 106 valence electrons. The topological polar surface area (TPSA) is 89.9 Å². The van der Waals surface area contributed by atoms with E-state index in [2.05, 4.69) is 6.58 Å². The standard InChI is InChI=1S/C14H14O6/c1-3-7-19-14(18)9-5-6-10(13(16)17)11(8-9)20-12(15)4-2/h4-6,8H,2-3,7H2,1H3,(H,16,17). The summed E-state index contributed by atoms with van der Waals surface area (Å²) >= 11 is 0. The van der Waals surface area contributed by atoms with Crippen molar-refractivity contribution in [3.05, 3.63) is 42.0 Å². The molecule has 0 aliphatic carbocycles. The first-order valence-corrected chi connectivity index (χ1v) is 5.88. The highest BCUT2D eigenvalue weighted by atomic mass is 16.5. The number of carboxylic acids is 1. The van der Waals surface area contributed by atoms with Crippen LogP contribution < -0.4 is 4.74 Å². The summed E-state index contributed by atoms with van der Waals surface area (Å²) in [5.41, 5.74) is -0.123. The third-order valence-electron chi connectivity index (χ3n) is 2.26. The number of aromatic carboxylic acids is 1. The summed E-state index contributed by atoms with van der Waals surface area (Å²) in [5.74, 6) is -2.93. The number of carboxylic acid groups (broad SMARTS) is 1. The molecule has 0 saturated heterocycles. The quantitative estimate of drug-likeness (QED) is 0.486. The van der Waals surface area contributed by atoms with Crippen LogP contribution in [0.4, 0.5) is 0 Å². The van der Waals surface area contributed by atoms with E-state index in [1.807, 2.05) is 6.92 Å². The number of carbonyl (C=O) groups excluding carboxylic acids is 2. The molecule has 0 spiro atoms. The smallest absolute Gasteiger partial charge is 0.339 e. The van der Waals surface area contributed by atoms with Crippen molar-refractivity contribution >= 4 is 17.9 Å². The van der Waals surface area contributed by atoms with Crippen molar-refractivity contribution in [3.8, 4) is 5.75 Å². The number of rotatable bonds is 6. The van der Waals surface area contributed by atoms with Gasteiger partial charge in [0.05, 0.1) is 12.2 Å². The SMILES string of the molecule is C=CC(=O)Oc1cc(C(=O)OCCC)ccc1C(=O)O. The highest BCUT2D eigenvalue weighted by Gasteiger charge is 2.17. The number of hydrogen-bond donors (Lipinski definition) is 1. The van der Waals surface area contributed by atoms with Crippen molar-refractivity contribution in [2.75, 3.05) is 6.61 Å². The third kappa shape index (κ3) is 3.94. The highest BCUT2D eigenvalue weighted by molar-refractivity contribution is 5.96. The second kappa shape index (κ2) is 7.08. The van der Waals surface area contributed by atoms with Crippen LogP contribution in [0.2, 0.25) is 0 Å². The van der Waals surface area contributed by atoms with Crippen LogP contribution in [0.25, 0.3) is 0 Å². The molecule has 0 saturated carbocycles. The Morgan fingerprint density at radius 1 is 1.35 bits per heavy atom. The van der Waals surface area contributed by atoms with Crippen molar-refractivity contribution in [1.29, 1.82) is 0 Å². The number of ether oxygens (including phenoxy) is 2. The lowest BCUT2D eigenvalue weighted by Gasteiger charge is -2.08. The molecule has 0 fully saturated rings. The molecule has 0 atom stereocenters. The molecule has 0 aliphatic rings. The van der Waals surface area contributed by atoms with Crippen LogP contribution in [0, 0.1) is 0 Å². The molecule has 0 unspecified atom stereocenters. The Balaban J connectivity index is 3.09. The first-order valence-electron chi connectivity index (χ1n) is 5.88. The Morgan fingerprint density at radius 3 is 2.60 bits per heavy atom. The molecule has 0 aliphatic heterocycles. The third-order valence-corrected chi connectivity index (χ3v) is 2.26. The largest absolute Gasteiger partial charge is 0.478 e. The zero-order chi connectivity index (χ0) is 15.1. The average Bonchev–Trinajstić information content (AvgIpc) is 2.44. The minimum atomic E-state index is -1.27. The monoisotopic (exact) mass is 278 g/mol. The molecule has 1 aromatic carbocycles. The van der Waals surface area contributed by atoms with Crippen molar-refractivity contribution in [2.24, 2.45) is 0 Å². The van der Waals surface area contributed by atoms with E-state index < -0.39 is 17.9 Å². The summed E-state index contributed by atoms with van der Waals surface area (Å²) in [6, 6.07) is 3.63. The molecule has 20 heavy (non-hydrogen) atoms. The second-order valence-corrected chi connectivity index (χ2v) is 3.78. The minimum absolute atomic E-state index is 0.107. The van der Waals surface area contributed by atoms with Crippen LogP contribution in [0.1, 0.15) is 34.1 Å². The van der Waals surface area contributed by atoms with E-state index in [1.54, 1.807) is 0 Å². The molecule has 0 radical (unpaired) electrons. The van der Waals surface area contributed by atoms with Gasteiger partial charge in [-0.2, -0.15) is 0 Å². The fraction of sp³-hybridized carbons (Fsp3) is 0.214. The van der Waals surface area contributed by atoms with E-state index in [0.717, 1.165) is 12.1 Å². The lowest BCUT2D eigenvalue weighted by atomic mass is 10.1. The first-order chi connectivity index (χ1) is 9.49. The molecule has 6 nitrogen and oxygen atoms in total. The Labute approximate surface area is 115 Å². The molecule has 1 N–H and O–H groups in total. The van der Waals surface area contributed by atoms with Gasteiger partial charge < -0.3 is 14.6 Å². The van der Waals surface area contributed by atoms with E-state index in [-0.39, 0.29) is 23.5 Å². The van der Waals surface area contributed by atoms with E-state index in [9.17, 15) is 14.4 Å². The molecule has 0 aromatic heterocycles. The summed E-state index contributed by atoms with van der Waals surface area (Å²) < 4.78 is 9.72. The van der Waals surface area contributed by atoms with E-state index in [4.69, 9.17) is 14.6 Å². The Bertz CT molecular complexity index is 547. The first kappa shape index (κ1) is 15.4. The maximum atomic E-state index is 11.7. The van der Waals surface area contributed by atoms with Crippen LogP contribution >= 0.6 is 0 Å². The predicted molar refractivity (Wildman–Crippen MR) is 69.8 cm³/mol. The zero-order valence-corrected chi connectivity index (χ0v) is 10.9. The zero-order valence-electron chi connectivity index (χ0n) is 10.9. The van der Waals surface area contributed by atoms with E-state index >= 15 is 0 Å². The fourth-order valence-corrected chi connectivity index (χ4v) is 1.34. The predicted octanol–water partition coefficient (Wildman–Crippen LogP) is 2.04. The number of carbonyl (C=O) groups is 3. The minimum Gasteiger partial charge on any atom is -0.478 e. The summed E-state index contributed by atoms with van der Waals surface area (Å²) in [7, 11) is 0. The van der Waals surface area contributed by atoms with Gasteiger partial charge >= 0.3 is 17.9 Å². The van der Waals surface area contributed by atoms with Gasteiger partial charge in [0.2, 0.25) is 0 Å². The van der Waals surface area contributed by atoms with Gasteiger partial charge in [-0.1, -0.05) is 13.5 Å². The maximum Gasteiger partial charge on any atom is 0.339 e. The molecular formula is C14H14O6. The van der Waals surface area contributed by atoms with Crippen LogP contribution in [0.5, 0.6) is 5.75 Å². The van der Waals surface area contributed by atoms with Gasteiger partial charge in [-0.3, -0.25) is 0 Å². The number of esters is 2. The molecule has 1 aromatic rings. The molecule has 0 amide bonds. The molecule has 1 rings (SSSR count). The molecule has 0 bridgehead atoms. The highest BCUT2D eigenvalue weighted by Crippen LogP contribution is 2.21. The van der Waals surface area contributed by atoms with E-state index in [1.165, 1.54) is 12.1 Å². The van der Waals surface area contributed by atoms with Crippen LogP contribution in [0.3, 0.4) is 0 Å². The maximum absolute atomic E-state index is 11.7. The Kier molecular flexibility index (Phi) is 5.46. The van der Waals surface area contributed by atoms with Gasteiger partial charge in [0.25, 0.3) is 0 Å². The van der Waals surface area contributed by atoms with Crippen molar-refractivity contribution < 1.29 is 29.0 Å². The van der Waals surface area contributed by atoms with Gasteiger partial charge in [-0.05, 0) is 24.6 Å².